The Labute approximate surface area is 812 Å². The lowest BCUT2D eigenvalue weighted by Gasteiger charge is -2.19. The molecule has 0 heterocycles. The van der Waals surface area contributed by atoms with Crippen LogP contribution < -0.4 is 111 Å². The number of aliphatic imine (C=N–C) groups is 5. The fraction of sp³-hybridized carbons (Fsp3) is 0.228. The number of nitrogens with two attached hydrogens (primary N) is 10. The summed E-state index contributed by atoms with van der Waals surface area (Å²) in [6, 6.07) is 34.9. The van der Waals surface area contributed by atoms with E-state index in [-0.39, 0.29) is 80.4 Å². The molecule has 7 aromatic carbocycles. The number of hydrogen-bond donors (Lipinski definition) is 25. The van der Waals surface area contributed by atoms with E-state index < -0.39 is 213 Å². The third kappa shape index (κ3) is 45.2. The van der Waals surface area contributed by atoms with Crippen molar-refractivity contribution in [2.45, 2.75) is 94.9 Å². The lowest BCUT2D eigenvalue weighted by molar-refractivity contribution is -0.141. The largest absolute Gasteiger partial charge is 0.481 e. The molecule has 0 aliphatic heterocycles. The second-order valence-corrected chi connectivity index (χ2v) is 30.0. The number of ketones is 5. The summed E-state index contributed by atoms with van der Waals surface area (Å²) in [4.78, 5) is 256. The molecule has 5 atom stereocenters. The fourth-order valence-electron chi connectivity index (χ4n) is 12.3. The third-order valence-electron chi connectivity index (χ3n) is 18.7. The molecule has 1 aliphatic rings. The number of Topliss-reactive ketones (excluding diaryl/α,β-unsaturated/α-hetero) is 4. The number of nitrogens with zero attached hydrogens (tertiary/aromatic N) is 5. The average molecular weight is 1980 g/mol. The summed E-state index contributed by atoms with van der Waals surface area (Å²) in [5.74, 6) is -15.7. The predicted octanol–water partition coefficient (Wildman–Crippen LogP) is -1.67. The molecule has 1 saturated carbocycles. The number of carboxylic acids is 5. The highest BCUT2D eigenvalue weighted by molar-refractivity contribution is 6.08. The Balaban J connectivity index is 0.000000373. The van der Waals surface area contributed by atoms with Gasteiger partial charge in [0.1, 0.15) is 30.0 Å². The highest BCUT2D eigenvalue weighted by Gasteiger charge is 2.33. The van der Waals surface area contributed by atoms with Crippen LogP contribution in [0.2, 0.25) is 0 Å². The van der Waals surface area contributed by atoms with Gasteiger partial charge in [-0.1, -0.05) is 79.6 Å². The van der Waals surface area contributed by atoms with Gasteiger partial charge in [-0.25, -0.2) is 29.4 Å². The molecule has 0 spiro atoms. The summed E-state index contributed by atoms with van der Waals surface area (Å²) >= 11 is 0. The Hall–Kier alpha value is -19.5. The van der Waals surface area contributed by atoms with Gasteiger partial charge in [0.15, 0.2) is 52.9 Å². The van der Waals surface area contributed by atoms with Crippen LogP contribution in [0.4, 0.5) is 32.8 Å². The van der Waals surface area contributed by atoms with Crippen LogP contribution >= 0.6 is 0 Å². The Morgan fingerprint density at radius 3 is 0.853 bits per heavy atom. The number of carbonyl (C=O) groups excluding carboxylic acids is 15. The SMILES string of the molecule is C#CC(=O)C(CC(=O)O)NC(=O)CNC(=O)c1cccc(N=C(N)N)c1.C=CC(=O)C(CC(=O)O)NC(=O)CNC(=O)c1cccc(N=C(N)N)c1.Cc1ccc(C(=O)C(CC(=O)O)NC(=O)CNC(=O)c2cccc(N=C(N)N)c2)cc1.NC(N)=Nc1cccc(C(=O)NCC(=O)NC(CC(=O)O)C(=O)C2CCCC2)c1.NC(N)=Nc1cccc(C(=O)NCC(=O)NC(CC(=O)O)C(=O)c2ccc(F)cc2)c1. The van der Waals surface area contributed by atoms with E-state index >= 15 is 0 Å². The van der Waals surface area contributed by atoms with Crippen LogP contribution in [0.25, 0.3) is 0 Å². The topological polar surface area (TPSA) is 885 Å². The molecule has 0 saturated heterocycles. The van der Waals surface area contributed by atoms with Crippen molar-refractivity contribution in [3.63, 3.8) is 0 Å². The van der Waals surface area contributed by atoms with E-state index in [2.05, 4.69) is 84.7 Å². The van der Waals surface area contributed by atoms with Gasteiger partial charge in [0.05, 0.1) is 99.3 Å². The molecular formula is C92H104FN25O25. The van der Waals surface area contributed by atoms with E-state index in [9.17, 15) is 100 Å². The molecule has 0 aromatic heterocycles. The Bertz CT molecular complexity index is 5910. The molecule has 50 nitrogen and oxygen atoms in total. The minimum Gasteiger partial charge on any atom is -0.481 e. The molecule has 7 aromatic rings. The van der Waals surface area contributed by atoms with E-state index in [4.69, 9.17) is 89.3 Å². The molecule has 10 amide bonds. The molecule has 0 radical (unpaired) electrons. The minimum atomic E-state index is -1.39. The number of nitrogens with one attached hydrogen (secondary N) is 10. The normalized spacial score (nSPS) is 11.7. The number of rotatable bonds is 44. The maximum Gasteiger partial charge on any atom is 0.305 e. The first-order valence-corrected chi connectivity index (χ1v) is 42.1. The number of terminal acetylenes is 1. The van der Waals surface area contributed by atoms with Crippen molar-refractivity contribution in [1.29, 1.82) is 0 Å². The van der Waals surface area contributed by atoms with Crippen molar-refractivity contribution in [3.8, 4) is 12.3 Å². The molecule has 8 rings (SSSR count). The van der Waals surface area contributed by atoms with E-state index in [1.165, 1.54) is 72.8 Å². The van der Waals surface area contributed by atoms with Crippen molar-refractivity contribution < 1.29 is 126 Å². The molecule has 1 aliphatic carbocycles. The van der Waals surface area contributed by atoms with Crippen LogP contribution in [0, 0.1) is 31.0 Å². The second-order valence-electron chi connectivity index (χ2n) is 30.0. The van der Waals surface area contributed by atoms with Gasteiger partial charge >= 0.3 is 29.8 Å². The standard InChI is InChI=1S/C21H23N5O5.C20H20FN5O5.C19H25N5O5.C16H19N5O5.C16H17N5O5/c1-12-5-7-13(8-6-12)19(30)16(10-18(28)29)26-17(27)11-24-20(31)14-3-2-4-15(9-14)25-21(22)23;21-13-6-4-11(5-7-13)18(30)15(9-17(28)29)26-16(27)10-24-19(31)12-2-1-3-14(8-12)25-20(22)23;20-19(21)23-13-7-3-6-12(8-13)18(29)22-10-15(25)24-14(9-16(26)27)17(28)11-4-1-2-5-11;2*1-2-12(22)11(7-14(24)25)21-13(23)8-19-15(26)9-4-3-5-10(6-9)20-16(17)18/h2-9,16H,10-11H2,1H3,(H,24,31)(H,26,27)(H,28,29)(H4,22,23,25);1-8,15H,9-10H2,(H,24,31)(H,26,27)(H,28,29)(H4,22,23,25);3,6-8,11,14H,1-2,4-5,9-10H2,(H,22,29)(H,24,25)(H,26,27)(H4,20,21,23);2-6,11H,1,7-8H2,(H,19,26)(H,21,23)(H,24,25)(H4,17,18,20);1,3-6,11H,7-8H2,(H,19,26)(H,21,23)(H,24,25)(H4,17,18,20). The first kappa shape index (κ1) is 116. The Morgan fingerprint density at radius 1 is 0.357 bits per heavy atom. The average Bonchev–Trinajstić information content (AvgIpc) is 1.29. The zero-order valence-electron chi connectivity index (χ0n) is 76.2. The van der Waals surface area contributed by atoms with Gasteiger partial charge in [-0.15, -0.1) is 6.42 Å². The van der Waals surface area contributed by atoms with Crippen LogP contribution in [-0.2, 0) is 62.3 Å². The van der Waals surface area contributed by atoms with Crippen molar-refractivity contribution in [3.05, 3.63) is 233 Å². The maximum atomic E-state index is 13.0. The third-order valence-corrected chi connectivity index (χ3v) is 18.7. The second kappa shape index (κ2) is 59.4. The van der Waals surface area contributed by atoms with Crippen LogP contribution in [0.5, 0.6) is 0 Å². The van der Waals surface area contributed by atoms with Crippen LogP contribution in [-0.4, -0.2) is 236 Å². The van der Waals surface area contributed by atoms with E-state index in [1.807, 2.05) is 6.92 Å². The molecule has 0 bridgehead atoms. The van der Waals surface area contributed by atoms with Crippen molar-refractivity contribution in [2.75, 3.05) is 32.7 Å². The number of halogens is 1. The number of guanidine groups is 5. The highest BCUT2D eigenvalue weighted by Crippen LogP contribution is 2.28. The van der Waals surface area contributed by atoms with E-state index in [1.54, 1.807) is 90.8 Å². The number of benzene rings is 7. The zero-order valence-corrected chi connectivity index (χ0v) is 76.2. The van der Waals surface area contributed by atoms with Crippen molar-refractivity contribution in [1.82, 2.24) is 53.2 Å². The zero-order chi connectivity index (χ0) is 107. The summed E-state index contributed by atoms with van der Waals surface area (Å²) in [5, 5.41) is 68.0. The van der Waals surface area contributed by atoms with Crippen LogP contribution in [0.3, 0.4) is 0 Å². The summed E-state index contributed by atoms with van der Waals surface area (Å²) in [5.41, 5.74) is 56.9. The Morgan fingerprint density at radius 2 is 0.594 bits per heavy atom. The number of carboxylic acid groups (broad SMARTS) is 5. The number of aryl methyl sites for hydroxylation is 1. The summed E-state index contributed by atoms with van der Waals surface area (Å²) in [6.45, 7) is 2.78. The van der Waals surface area contributed by atoms with Crippen molar-refractivity contribution in [2.24, 2.45) is 88.2 Å². The number of carbonyl (C=O) groups is 20. The molecular weight excluding hydrogens is 1870 g/mol. The van der Waals surface area contributed by atoms with E-state index in [0.29, 0.717) is 41.3 Å². The smallest absolute Gasteiger partial charge is 0.305 e. The van der Waals surface area contributed by atoms with Gasteiger partial charge in [0.2, 0.25) is 35.3 Å². The first-order valence-electron chi connectivity index (χ1n) is 42.1. The Kier molecular flexibility index (Phi) is 48.1. The first-order chi connectivity index (χ1) is 67.5. The number of hydrogen-bond acceptors (Lipinski definition) is 25. The molecule has 5 unspecified atom stereocenters. The van der Waals surface area contributed by atoms with Crippen LogP contribution in [0.1, 0.15) is 136 Å². The van der Waals surface area contributed by atoms with Gasteiger partial charge in [-0.2, -0.15) is 0 Å². The number of aliphatic carboxylic acids is 5. The summed E-state index contributed by atoms with van der Waals surface area (Å²) < 4.78 is 13.0. The molecule has 143 heavy (non-hydrogen) atoms. The monoisotopic (exact) mass is 1980 g/mol. The van der Waals surface area contributed by atoms with Gasteiger partial charge in [-0.3, -0.25) is 95.9 Å². The molecule has 754 valence electrons. The number of amides is 10. The van der Waals surface area contributed by atoms with Crippen LogP contribution in [0.15, 0.2) is 207 Å². The van der Waals surface area contributed by atoms with Crippen molar-refractivity contribution >= 4 is 176 Å². The van der Waals surface area contributed by atoms with E-state index in [0.717, 1.165) is 36.6 Å². The summed E-state index contributed by atoms with van der Waals surface area (Å²) in [6.07, 6.45) is 6.06. The molecule has 35 N–H and O–H groups in total. The summed E-state index contributed by atoms with van der Waals surface area (Å²) in [7, 11) is 0. The van der Waals surface area contributed by atoms with Gasteiger partial charge in [0, 0.05) is 44.9 Å². The molecule has 51 heteroatoms. The van der Waals surface area contributed by atoms with Gasteiger partial charge in [0.25, 0.3) is 29.5 Å². The maximum absolute atomic E-state index is 13.0. The lowest BCUT2D eigenvalue weighted by atomic mass is 9.94. The minimum absolute atomic E-state index is 0.0357. The molecule has 1 fully saturated rings. The van der Waals surface area contributed by atoms with Gasteiger partial charge < -0.3 is 136 Å². The quantitative estimate of drug-likeness (QED) is 0.00507. The highest BCUT2D eigenvalue weighted by atomic mass is 19.1. The fourth-order valence-corrected chi connectivity index (χ4v) is 12.3. The lowest BCUT2D eigenvalue weighted by Crippen LogP contribution is -2.48. The predicted molar refractivity (Wildman–Crippen MR) is 514 cm³/mol. The van der Waals surface area contributed by atoms with Gasteiger partial charge in [-0.05, 0) is 147 Å².